The van der Waals surface area contributed by atoms with Crippen molar-refractivity contribution in [2.45, 2.75) is 25.2 Å². The van der Waals surface area contributed by atoms with Crippen LogP contribution in [0, 0.1) is 13.8 Å². The average molecular weight is 391 g/mol. The fourth-order valence-corrected chi connectivity index (χ4v) is 4.16. The molecule has 1 heterocycles. The number of nitrogens with two attached hydrogens (primary N) is 1. The molecule has 8 heteroatoms. The number of benzene rings is 1. The summed E-state index contributed by atoms with van der Waals surface area (Å²) in [6.45, 7) is 4.09. The Morgan fingerprint density at radius 1 is 1.38 bits per heavy atom. The fourth-order valence-electron chi connectivity index (χ4n) is 1.91. The highest BCUT2D eigenvalue weighted by atomic mass is 79.9. The number of halogens is 1. The Morgan fingerprint density at radius 2 is 2.10 bits per heavy atom. The summed E-state index contributed by atoms with van der Waals surface area (Å²) in [6.07, 6.45) is 0.677. The fraction of sp³-hybridized carbons (Fsp3) is 0.308. The Kier molecular flexibility index (Phi) is 5.03. The minimum atomic E-state index is -3.84. The van der Waals surface area contributed by atoms with E-state index in [1.165, 1.54) is 6.07 Å². The SMILES string of the molecule is Cc1cc(Br)cc(S(N)(=O)=O)c1OCCc1scnc1C. The number of nitrogens with zero attached hydrogens (tertiary/aromatic N) is 1. The summed E-state index contributed by atoms with van der Waals surface area (Å²) in [6, 6.07) is 3.25. The van der Waals surface area contributed by atoms with Crippen LogP contribution in [0.1, 0.15) is 16.1 Å². The van der Waals surface area contributed by atoms with E-state index in [1.54, 1.807) is 29.8 Å². The van der Waals surface area contributed by atoms with Crippen LogP contribution in [-0.4, -0.2) is 20.0 Å². The van der Waals surface area contributed by atoms with Gasteiger partial charge in [0.1, 0.15) is 10.6 Å². The van der Waals surface area contributed by atoms with Gasteiger partial charge in [-0.15, -0.1) is 11.3 Å². The van der Waals surface area contributed by atoms with E-state index in [9.17, 15) is 8.42 Å². The quantitative estimate of drug-likeness (QED) is 0.850. The molecule has 0 spiro atoms. The molecule has 0 fully saturated rings. The molecule has 0 unspecified atom stereocenters. The zero-order valence-corrected chi connectivity index (χ0v) is 14.8. The van der Waals surface area contributed by atoms with Crippen LogP contribution in [0.2, 0.25) is 0 Å². The third kappa shape index (κ3) is 4.03. The highest BCUT2D eigenvalue weighted by Crippen LogP contribution is 2.31. The van der Waals surface area contributed by atoms with Crippen LogP contribution in [0.15, 0.2) is 27.0 Å². The number of thiazole rings is 1. The van der Waals surface area contributed by atoms with Crippen molar-refractivity contribution in [1.82, 2.24) is 4.98 Å². The lowest BCUT2D eigenvalue weighted by Crippen LogP contribution is -2.15. The van der Waals surface area contributed by atoms with Crippen molar-refractivity contribution in [1.29, 1.82) is 0 Å². The van der Waals surface area contributed by atoms with E-state index < -0.39 is 10.0 Å². The molecule has 0 aliphatic rings. The number of aryl methyl sites for hydroxylation is 2. The van der Waals surface area contributed by atoms with Gasteiger partial charge in [0.05, 0.1) is 17.8 Å². The second-order valence-corrected chi connectivity index (χ2v) is 7.94. The standard InChI is InChI=1S/C13H15BrN2O3S2/c1-8-5-10(14)6-12(21(15,17)18)13(8)19-4-3-11-9(2)16-7-20-11/h5-7H,3-4H2,1-2H3,(H2,15,17,18). The minimum absolute atomic E-state index is 0.00426. The van der Waals surface area contributed by atoms with Gasteiger partial charge in [0.2, 0.25) is 10.0 Å². The van der Waals surface area contributed by atoms with Crippen LogP contribution in [-0.2, 0) is 16.4 Å². The molecule has 0 saturated heterocycles. The lowest BCUT2D eigenvalue weighted by Gasteiger charge is -2.13. The number of hydrogen-bond acceptors (Lipinski definition) is 5. The Balaban J connectivity index is 2.22. The van der Waals surface area contributed by atoms with Crippen LogP contribution in [0.25, 0.3) is 0 Å². The van der Waals surface area contributed by atoms with Crippen molar-refractivity contribution < 1.29 is 13.2 Å². The van der Waals surface area contributed by atoms with Crippen molar-refractivity contribution in [2.75, 3.05) is 6.61 Å². The van der Waals surface area contributed by atoms with Crippen molar-refractivity contribution in [2.24, 2.45) is 5.14 Å². The van der Waals surface area contributed by atoms with Crippen LogP contribution in [0.5, 0.6) is 5.75 Å². The molecule has 0 aliphatic heterocycles. The first-order chi connectivity index (χ1) is 9.79. The van der Waals surface area contributed by atoms with Crippen molar-refractivity contribution in [3.63, 3.8) is 0 Å². The van der Waals surface area contributed by atoms with E-state index in [-0.39, 0.29) is 4.90 Å². The number of aromatic nitrogens is 1. The molecule has 2 N–H and O–H groups in total. The van der Waals surface area contributed by atoms with Gasteiger partial charge in [-0.1, -0.05) is 15.9 Å². The van der Waals surface area contributed by atoms with Gasteiger partial charge >= 0.3 is 0 Å². The third-order valence-corrected chi connectivity index (χ3v) is 5.30. The van der Waals surface area contributed by atoms with Gasteiger partial charge in [-0.05, 0) is 31.5 Å². The largest absolute Gasteiger partial charge is 0.492 e. The summed E-state index contributed by atoms with van der Waals surface area (Å²) in [5.74, 6) is 0.308. The molecule has 21 heavy (non-hydrogen) atoms. The second-order valence-electron chi connectivity index (χ2n) is 4.55. The average Bonchev–Trinajstić information content (AvgIpc) is 2.76. The lowest BCUT2D eigenvalue weighted by molar-refractivity contribution is 0.312. The number of sulfonamides is 1. The molecule has 0 bridgehead atoms. The summed E-state index contributed by atoms with van der Waals surface area (Å²) in [5.41, 5.74) is 3.47. The predicted molar refractivity (Wildman–Crippen MR) is 86.3 cm³/mol. The van der Waals surface area contributed by atoms with E-state index >= 15 is 0 Å². The van der Waals surface area contributed by atoms with Gasteiger partial charge in [0, 0.05) is 15.8 Å². The maximum Gasteiger partial charge on any atom is 0.241 e. The summed E-state index contributed by atoms with van der Waals surface area (Å²) in [7, 11) is -3.84. The highest BCUT2D eigenvalue weighted by molar-refractivity contribution is 9.10. The topological polar surface area (TPSA) is 82.3 Å². The maximum absolute atomic E-state index is 11.7. The molecule has 1 aromatic heterocycles. The van der Waals surface area contributed by atoms with Crippen molar-refractivity contribution in [3.8, 4) is 5.75 Å². The first kappa shape index (κ1) is 16.4. The van der Waals surface area contributed by atoms with Crippen molar-refractivity contribution >= 4 is 37.3 Å². The highest BCUT2D eigenvalue weighted by Gasteiger charge is 2.18. The Bertz CT molecular complexity index is 757. The third-order valence-electron chi connectivity index (χ3n) is 2.93. The Labute approximate surface area is 136 Å². The number of ether oxygens (including phenoxy) is 1. The van der Waals surface area contributed by atoms with Gasteiger partial charge in [-0.2, -0.15) is 0 Å². The van der Waals surface area contributed by atoms with Gasteiger partial charge in [-0.3, -0.25) is 0 Å². The lowest BCUT2D eigenvalue weighted by atomic mass is 10.2. The second kappa shape index (κ2) is 6.43. The molecule has 2 rings (SSSR count). The molecular formula is C13H15BrN2O3S2. The smallest absolute Gasteiger partial charge is 0.241 e. The molecule has 0 saturated carbocycles. The van der Waals surface area contributed by atoms with E-state index in [1.807, 2.05) is 6.92 Å². The van der Waals surface area contributed by atoms with E-state index in [4.69, 9.17) is 9.88 Å². The van der Waals surface area contributed by atoms with E-state index in [0.29, 0.717) is 23.2 Å². The molecule has 2 aromatic rings. The summed E-state index contributed by atoms with van der Waals surface area (Å²) < 4.78 is 29.7. The Hall–Kier alpha value is -0.960. The predicted octanol–water partition coefficient (Wildman–Crippen LogP) is 2.79. The molecule has 114 valence electrons. The van der Waals surface area contributed by atoms with Crippen LogP contribution in [0.4, 0.5) is 0 Å². The zero-order valence-electron chi connectivity index (χ0n) is 11.6. The molecule has 1 aromatic carbocycles. The van der Waals surface area contributed by atoms with Crippen LogP contribution in [0.3, 0.4) is 0 Å². The van der Waals surface area contributed by atoms with Crippen molar-refractivity contribution in [3.05, 3.63) is 38.3 Å². The summed E-state index contributed by atoms with van der Waals surface area (Å²) in [4.78, 5) is 5.29. The number of rotatable bonds is 5. The zero-order chi connectivity index (χ0) is 15.6. The molecule has 0 aliphatic carbocycles. The summed E-state index contributed by atoms with van der Waals surface area (Å²) in [5, 5.41) is 5.25. The van der Waals surface area contributed by atoms with Gasteiger partial charge in [0.15, 0.2) is 0 Å². The van der Waals surface area contributed by atoms with Crippen LogP contribution < -0.4 is 9.88 Å². The molecule has 0 radical (unpaired) electrons. The molecule has 0 amide bonds. The number of primary sulfonamides is 1. The van der Waals surface area contributed by atoms with Gasteiger partial charge in [0.25, 0.3) is 0 Å². The minimum Gasteiger partial charge on any atom is -0.492 e. The van der Waals surface area contributed by atoms with Gasteiger partial charge < -0.3 is 4.74 Å². The summed E-state index contributed by atoms with van der Waals surface area (Å²) >= 11 is 4.83. The normalized spacial score (nSPS) is 11.6. The molecule has 5 nitrogen and oxygen atoms in total. The monoisotopic (exact) mass is 390 g/mol. The molecular weight excluding hydrogens is 376 g/mol. The first-order valence-electron chi connectivity index (χ1n) is 6.13. The van der Waals surface area contributed by atoms with Gasteiger partial charge in [-0.25, -0.2) is 18.5 Å². The van der Waals surface area contributed by atoms with E-state index in [0.717, 1.165) is 16.1 Å². The molecule has 0 atom stereocenters. The van der Waals surface area contributed by atoms with E-state index in [2.05, 4.69) is 20.9 Å². The number of hydrogen-bond donors (Lipinski definition) is 1. The van der Waals surface area contributed by atoms with Crippen LogP contribution >= 0.6 is 27.3 Å². The maximum atomic E-state index is 11.7. The first-order valence-corrected chi connectivity index (χ1v) is 9.35. The Morgan fingerprint density at radius 3 is 2.67 bits per heavy atom.